The number of hydrogen-bond donors (Lipinski definition) is 0. The second kappa shape index (κ2) is 9.82. The summed E-state index contributed by atoms with van der Waals surface area (Å²) in [4.78, 5) is 17.4. The lowest BCUT2D eigenvalue weighted by molar-refractivity contribution is -0.146. The van der Waals surface area contributed by atoms with Gasteiger partial charge in [0.2, 0.25) is 0 Å². The van der Waals surface area contributed by atoms with Gasteiger partial charge in [-0.05, 0) is 54.2 Å². The first-order chi connectivity index (χ1) is 16.6. The highest BCUT2D eigenvalue weighted by atomic mass is 32.1. The van der Waals surface area contributed by atoms with E-state index in [4.69, 9.17) is 14.5 Å². The zero-order chi connectivity index (χ0) is 23.5. The van der Waals surface area contributed by atoms with E-state index in [0.717, 1.165) is 46.8 Å². The van der Waals surface area contributed by atoms with Crippen molar-refractivity contribution in [2.75, 3.05) is 6.61 Å². The first-order valence-electron chi connectivity index (χ1n) is 11.6. The minimum atomic E-state index is -0.233. The highest BCUT2D eigenvalue weighted by molar-refractivity contribution is 7.15. The molecule has 0 saturated carbocycles. The number of thiazole rings is 1. The van der Waals surface area contributed by atoms with Crippen molar-refractivity contribution >= 4 is 17.3 Å². The second-order valence-electron chi connectivity index (χ2n) is 8.56. The molecule has 1 heterocycles. The van der Waals surface area contributed by atoms with E-state index in [1.54, 1.807) is 11.3 Å². The topological polar surface area (TPSA) is 48.4 Å². The van der Waals surface area contributed by atoms with Crippen molar-refractivity contribution in [1.29, 1.82) is 0 Å². The predicted molar refractivity (Wildman–Crippen MR) is 136 cm³/mol. The lowest BCUT2D eigenvalue weighted by Gasteiger charge is -2.12. The van der Waals surface area contributed by atoms with E-state index in [9.17, 15) is 4.79 Å². The average molecular weight is 470 g/mol. The highest BCUT2D eigenvalue weighted by Gasteiger charge is 2.25. The van der Waals surface area contributed by atoms with Crippen molar-refractivity contribution in [3.8, 4) is 27.4 Å². The number of carbonyl (C=O) groups excluding carboxylic acids is 1. The molecule has 1 aromatic heterocycles. The number of aryl methyl sites for hydroxylation is 2. The number of ether oxygens (including phenoxy) is 2. The van der Waals surface area contributed by atoms with Crippen LogP contribution in [0.4, 0.5) is 0 Å². The van der Waals surface area contributed by atoms with Crippen molar-refractivity contribution < 1.29 is 14.3 Å². The van der Waals surface area contributed by atoms with Crippen LogP contribution in [0.2, 0.25) is 0 Å². The van der Waals surface area contributed by atoms with E-state index in [-0.39, 0.29) is 12.1 Å². The molecule has 1 aliphatic carbocycles. The minimum Gasteiger partial charge on any atom is -0.493 e. The number of benzene rings is 3. The quantitative estimate of drug-likeness (QED) is 0.275. The molecule has 0 bridgehead atoms. The molecule has 172 valence electrons. The maximum atomic E-state index is 11.3. The Labute approximate surface area is 204 Å². The third-order valence-corrected chi connectivity index (χ3v) is 7.25. The van der Waals surface area contributed by atoms with Gasteiger partial charge in [0.05, 0.1) is 12.3 Å². The Kier molecular flexibility index (Phi) is 6.45. The van der Waals surface area contributed by atoms with Crippen LogP contribution in [0, 0.1) is 6.92 Å². The van der Waals surface area contributed by atoms with Crippen LogP contribution in [0.1, 0.15) is 41.1 Å². The number of nitrogens with zero attached hydrogens (tertiary/aromatic N) is 1. The number of carbonyl (C=O) groups is 1. The third kappa shape index (κ3) is 4.90. The Bertz CT molecular complexity index is 1290. The van der Waals surface area contributed by atoms with E-state index in [1.807, 2.05) is 18.2 Å². The molecule has 4 nitrogen and oxygen atoms in total. The van der Waals surface area contributed by atoms with E-state index < -0.39 is 0 Å². The molecule has 5 heteroatoms. The number of fused-ring (bicyclic) bond motifs is 1. The van der Waals surface area contributed by atoms with Gasteiger partial charge in [-0.3, -0.25) is 4.79 Å². The van der Waals surface area contributed by atoms with Crippen LogP contribution < -0.4 is 4.74 Å². The van der Waals surface area contributed by atoms with Gasteiger partial charge >= 0.3 is 5.97 Å². The molecule has 0 saturated heterocycles. The number of esters is 1. The van der Waals surface area contributed by atoms with E-state index in [1.165, 1.54) is 28.5 Å². The van der Waals surface area contributed by atoms with Crippen molar-refractivity contribution in [3.05, 3.63) is 94.5 Å². The van der Waals surface area contributed by atoms with Crippen LogP contribution in [0.5, 0.6) is 5.75 Å². The number of hydrogen-bond acceptors (Lipinski definition) is 5. The summed E-state index contributed by atoms with van der Waals surface area (Å²) in [5, 5.41) is 1.04. The van der Waals surface area contributed by atoms with E-state index in [2.05, 4.69) is 61.5 Å². The van der Waals surface area contributed by atoms with Crippen molar-refractivity contribution in [1.82, 2.24) is 4.98 Å². The second-order valence-corrected chi connectivity index (χ2v) is 9.76. The Morgan fingerprint density at radius 1 is 1.00 bits per heavy atom. The van der Waals surface area contributed by atoms with Crippen LogP contribution in [0.25, 0.3) is 21.7 Å². The lowest BCUT2D eigenvalue weighted by atomic mass is 10.0. The van der Waals surface area contributed by atoms with Gasteiger partial charge in [0.1, 0.15) is 16.9 Å². The van der Waals surface area contributed by atoms with Gasteiger partial charge in [0.25, 0.3) is 0 Å². The molecule has 5 rings (SSSR count). The predicted octanol–water partition coefficient (Wildman–Crippen LogP) is 6.96. The molecule has 0 aliphatic heterocycles. The molecule has 0 N–H and O–H groups in total. The molecular formula is C29H27NO3S. The first kappa shape index (κ1) is 22.4. The van der Waals surface area contributed by atoms with Crippen LogP contribution >= 0.6 is 11.3 Å². The molecule has 1 unspecified atom stereocenters. The number of aromatic nitrogens is 1. The fourth-order valence-corrected chi connectivity index (χ4v) is 5.42. The van der Waals surface area contributed by atoms with Gasteiger partial charge in [0, 0.05) is 23.8 Å². The van der Waals surface area contributed by atoms with E-state index >= 15 is 0 Å². The summed E-state index contributed by atoms with van der Waals surface area (Å²) in [7, 11) is 0. The summed E-state index contributed by atoms with van der Waals surface area (Å²) in [6, 6.07) is 25.1. The van der Waals surface area contributed by atoms with Gasteiger partial charge in [-0.15, -0.1) is 11.3 Å². The normalized spacial score (nSPS) is 14.6. The largest absolute Gasteiger partial charge is 0.493 e. The number of rotatable bonds is 7. The molecule has 34 heavy (non-hydrogen) atoms. The molecule has 1 atom stereocenters. The Hall–Kier alpha value is -3.44. The van der Waals surface area contributed by atoms with Gasteiger partial charge in [-0.2, -0.15) is 0 Å². The van der Waals surface area contributed by atoms with Crippen LogP contribution in [0.3, 0.4) is 0 Å². The van der Waals surface area contributed by atoms with Crippen LogP contribution in [-0.2, 0) is 22.4 Å². The van der Waals surface area contributed by atoms with Crippen molar-refractivity contribution in [3.63, 3.8) is 0 Å². The SMILES string of the molecule is CC(=O)OC1CCc2cc(OCCc3nc(-c4ccc(-c5ccccc5)cc4)sc3C)ccc21. The van der Waals surface area contributed by atoms with E-state index in [0.29, 0.717) is 6.61 Å². The molecule has 0 spiro atoms. The van der Waals surface area contributed by atoms with Crippen molar-refractivity contribution in [2.24, 2.45) is 0 Å². The van der Waals surface area contributed by atoms with Gasteiger partial charge in [0.15, 0.2) is 0 Å². The average Bonchev–Trinajstić information content (AvgIpc) is 3.42. The fourth-order valence-electron chi connectivity index (χ4n) is 4.45. The molecule has 0 fully saturated rings. The molecule has 3 aromatic carbocycles. The Balaban J connectivity index is 1.21. The first-order valence-corrected chi connectivity index (χ1v) is 12.4. The summed E-state index contributed by atoms with van der Waals surface area (Å²) in [5.74, 6) is 0.621. The Morgan fingerprint density at radius 3 is 2.50 bits per heavy atom. The Morgan fingerprint density at radius 2 is 1.74 bits per heavy atom. The van der Waals surface area contributed by atoms with Crippen LogP contribution in [0.15, 0.2) is 72.8 Å². The fraction of sp³-hybridized carbons (Fsp3) is 0.241. The molecule has 0 amide bonds. The zero-order valence-electron chi connectivity index (χ0n) is 19.4. The summed E-state index contributed by atoms with van der Waals surface area (Å²) in [5.41, 5.74) is 6.95. The smallest absolute Gasteiger partial charge is 0.303 e. The van der Waals surface area contributed by atoms with Crippen molar-refractivity contribution in [2.45, 2.75) is 39.2 Å². The maximum Gasteiger partial charge on any atom is 0.303 e. The summed E-state index contributed by atoms with van der Waals surface area (Å²) < 4.78 is 11.5. The maximum absolute atomic E-state index is 11.3. The lowest BCUT2D eigenvalue weighted by Crippen LogP contribution is -2.05. The highest BCUT2D eigenvalue weighted by Crippen LogP contribution is 2.36. The standard InChI is InChI=1S/C29H27NO3S/c1-19-27(16-17-32-25-13-14-26-24(18-25)12-15-28(26)33-20(2)31)30-29(34-19)23-10-8-22(9-11-23)21-6-4-3-5-7-21/h3-11,13-14,18,28H,12,15-17H2,1-2H3. The van der Waals surface area contributed by atoms with Gasteiger partial charge < -0.3 is 9.47 Å². The molecule has 0 radical (unpaired) electrons. The van der Waals surface area contributed by atoms with Gasteiger partial charge in [-0.1, -0.05) is 60.7 Å². The zero-order valence-corrected chi connectivity index (χ0v) is 20.2. The summed E-state index contributed by atoms with van der Waals surface area (Å²) >= 11 is 1.73. The molecule has 4 aromatic rings. The summed E-state index contributed by atoms with van der Waals surface area (Å²) in [6.45, 7) is 4.16. The molecular weight excluding hydrogens is 442 g/mol. The van der Waals surface area contributed by atoms with Crippen LogP contribution in [-0.4, -0.2) is 17.6 Å². The monoisotopic (exact) mass is 469 g/mol. The van der Waals surface area contributed by atoms with Gasteiger partial charge in [-0.25, -0.2) is 4.98 Å². The molecule has 1 aliphatic rings. The third-order valence-electron chi connectivity index (χ3n) is 6.18. The summed E-state index contributed by atoms with van der Waals surface area (Å²) in [6.07, 6.45) is 2.38. The minimum absolute atomic E-state index is 0.126.